The summed E-state index contributed by atoms with van der Waals surface area (Å²) in [6.45, 7) is 1.19. The number of amides is 3. The minimum Gasteiger partial charge on any atom is -0.497 e. The molecule has 1 aliphatic rings. The van der Waals surface area contributed by atoms with Crippen LogP contribution in [0.4, 0.5) is 5.69 Å². The molecular formula is C20H21N3O6. The lowest BCUT2D eigenvalue weighted by Crippen LogP contribution is -2.42. The van der Waals surface area contributed by atoms with Crippen molar-refractivity contribution in [1.29, 1.82) is 0 Å². The fourth-order valence-corrected chi connectivity index (χ4v) is 2.70. The lowest BCUT2D eigenvalue weighted by molar-refractivity contribution is -0.127. The maximum atomic E-state index is 12.9. The van der Waals surface area contributed by atoms with Gasteiger partial charge in [-0.1, -0.05) is 12.1 Å². The first-order chi connectivity index (χ1) is 14.0. The highest BCUT2D eigenvalue weighted by Gasteiger charge is 2.24. The summed E-state index contributed by atoms with van der Waals surface area (Å²) < 4.78 is 15.7. The van der Waals surface area contributed by atoms with Crippen LogP contribution in [0.5, 0.6) is 17.2 Å². The Morgan fingerprint density at radius 2 is 1.79 bits per heavy atom. The van der Waals surface area contributed by atoms with Gasteiger partial charge in [0, 0.05) is 18.7 Å². The molecule has 1 aliphatic heterocycles. The quantitative estimate of drug-likeness (QED) is 0.648. The Balaban J connectivity index is 1.77. The summed E-state index contributed by atoms with van der Waals surface area (Å²) in [6.07, 6.45) is 0. The van der Waals surface area contributed by atoms with Crippen molar-refractivity contribution in [3.05, 3.63) is 48.0 Å². The van der Waals surface area contributed by atoms with Crippen LogP contribution in [0.15, 0.2) is 42.5 Å². The standard InChI is InChI=1S/C20H21N3O6/c1-12(24)21-10-18(25)23-19(13-3-6-15(27-2)7-4-13)20(26)22-14-5-8-16-17(9-14)29-11-28-16/h3-9,19H,10-11H2,1-2H3,(H,21,24)(H,22,26)(H,23,25). The van der Waals surface area contributed by atoms with E-state index in [4.69, 9.17) is 14.2 Å². The molecule has 9 heteroatoms. The first kappa shape index (κ1) is 20.0. The molecule has 0 fully saturated rings. The highest BCUT2D eigenvalue weighted by Crippen LogP contribution is 2.34. The number of methoxy groups -OCH3 is 1. The van der Waals surface area contributed by atoms with E-state index in [-0.39, 0.29) is 19.2 Å². The molecule has 9 nitrogen and oxygen atoms in total. The van der Waals surface area contributed by atoms with Gasteiger partial charge < -0.3 is 30.2 Å². The zero-order chi connectivity index (χ0) is 20.8. The second-order valence-corrected chi connectivity index (χ2v) is 6.24. The summed E-state index contributed by atoms with van der Waals surface area (Å²) in [5.74, 6) is 0.447. The van der Waals surface area contributed by atoms with Gasteiger partial charge in [-0.3, -0.25) is 14.4 Å². The van der Waals surface area contributed by atoms with Gasteiger partial charge in [-0.25, -0.2) is 0 Å². The van der Waals surface area contributed by atoms with Crippen molar-refractivity contribution >= 4 is 23.4 Å². The fourth-order valence-electron chi connectivity index (χ4n) is 2.70. The molecule has 2 aromatic carbocycles. The number of anilines is 1. The number of hydrogen-bond acceptors (Lipinski definition) is 6. The normalized spacial score (nSPS) is 12.6. The number of nitrogens with one attached hydrogen (secondary N) is 3. The lowest BCUT2D eigenvalue weighted by Gasteiger charge is -2.19. The summed E-state index contributed by atoms with van der Waals surface area (Å²) in [7, 11) is 1.54. The third-order valence-electron chi connectivity index (χ3n) is 4.15. The van der Waals surface area contributed by atoms with Crippen molar-refractivity contribution < 1.29 is 28.6 Å². The van der Waals surface area contributed by atoms with Gasteiger partial charge in [0.1, 0.15) is 11.8 Å². The number of hydrogen-bond donors (Lipinski definition) is 3. The molecule has 1 heterocycles. The summed E-state index contributed by atoms with van der Waals surface area (Å²) in [5, 5.41) is 7.80. The molecule has 0 bridgehead atoms. The van der Waals surface area contributed by atoms with Gasteiger partial charge in [0.05, 0.1) is 13.7 Å². The average molecular weight is 399 g/mol. The van der Waals surface area contributed by atoms with Crippen molar-refractivity contribution in [1.82, 2.24) is 10.6 Å². The Morgan fingerprint density at radius 1 is 1.07 bits per heavy atom. The van der Waals surface area contributed by atoms with E-state index in [1.165, 1.54) is 14.0 Å². The zero-order valence-electron chi connectivity index (χ0n) is 16.0. The van der Waals surface area contributed by atoms with Crippen LogP contribution in [-0.4, -0.2) is 38.2 Å². The molecule has 0 radical (unpaired) electrons. The summed E-state index contributed by atoms with van der Waals surface area (Å²) in [5.41, 5.74) is 1.05. The molecule has 152 valence electrons. The molecule has 0 aromatic heterocycles. The first-order valence-electron chi connectivity index (χ1n) is 8.84. The van der Waals surface area contributed by atoms with Crippen molar-refractivity contribution in [2.75, 3.05) is 25.8 Å². The van der Waals surface area contributed by atoms with E-state index in [9.17, 15) is 14.4 Å². The SMILES string of the molecule is COc1ccc(C(NC(=O)CNC(C)=O)C(=O)Nc2ccc3c(c2)OCO3)cc1. The Bertz CT molecular complexity index is 913. The zero-order valence-corrected chi connectivity index (χ0v) is 16.0. The molecule has 0 aliphatic carbocycles. The average Bonchev–Trinajstić information content (AvgIpc) is 3.18. The molecule has 0 saturated carbocycles. The van der Waals surface area contributed by atoms with E-state index in [1.54, 1.807) is 42.5 Å². The van der Waals surface area contributed by atoms with Crippen LogP contribution in [0.1, 0.15) is 18.5 Å². The second kappa shape index (κ2) is 8.96. The molecule has 2 aromatic rings. The topological polar surface area (TPSA) is 115 Å². The van der Waals surface area contributed by atoms with Gasteiger partial charge >= 0.3 is 0 Å². The van der Waals surface area contributed by atoms with Crippen LogP contribution < -0.4 is 30.2 Å². The number of rotatable bonds is 7. The smallest absolute Gasteiger partial charge is 0.251 e. The number of benzene rings is 2. The Kier molecular flexibility index (Phi) is 6.18. The molecule has 3 amide bonds. The molecule has 3 rings (SSSR count). The molecule has 29 heavy (non-hydrogen) atoms. The second-order valence-electron chi connectivity index (χ2n) is 6.24. The van der Waals surface area contributed by atoms with Crippen LogP contribution >= 0.6 is 0 Å². The maximum Gasteiger partial charge on any atom is 0.251 e. The van der Waals surface area contributed by atoms with Crippen molar-refractivity contribution in [3.63, 3.8) is 0 Å². The number of carbonyl (C=O) groups excluding carboxylic acids is 3. The number of carbonyl (C=O) groups is 3. The maximum absolute atomic E-state index is 12.9. The lowest BCUT2D eigenvalue weighted by atomic mass is 10.1. The van der Waals surface area contributed by atoms with Gasteiger partial charge in [0.25, 0.3) is 5.91 Å². The minimum atomic E-state index is -0.979. The van der Waals surface area contributed by atoms with E-state index in [0.717, 1.165) is 0 Å². The molecular weight excluding hydrogens is 378 g/mol. The number of fused-ring (bicyclic) bond motifs is 1. The third kappa shape index (κ3) is 5.16. The van der Waals surface area contributed by atoms with Crippen LogP contribution in [-0.2, 0) is 14.4 Å². The minimum absolute atomic E-state index is 0.125. The van der Waals surface area contributed by atoms with E-state index >= 15 is 0 Å². The Hall–Kier alpha value is -3.75. The summed E-state index contributed by atoms with van der Waals surface area (Å²) >= 11 is 0. The molecule has 1 unspecified atom stereocenters. The molecule has 0 spiro atoms. The van der Waals surface area contributed by atoms with Crippen LogP contribution in [0.25, 0.3) is 0 Å². The summed E-state index contributed by atoms with van der Waals surface area (Å²) in [6, 6.07) is 10.8. The molecule has 3 N–H and O–H groups in total. The fraction of sp³-hybridized carbons (Fsp3) is 0.250. The largest absolute Gasteiger partial charge is 0.497 e. The van der Waals surface area contributed by atoms with E-state index in [2.05, 4.69) is 16.0 Å². The first-order valence-corrected chi connectivity index (χ1v) is 8.84. The predicted molar refractivity (Wildman–Crippen MR) is 104 cm³/mol. The van der Waals surface area contributed by atoms with Crippen LogP contribution in [0.3, 0.4) is 0 Å². The van der Waals surface area contributed by atoms with Gasteiger partial charge in [-0.05, 0) is 29.8 Å². The highest BCUT2D eigenvalue weighted by atomic mass is 16.7. The van der Waals surface area contributed by atoms with Gasteiger partial charge in [-0.2, -0.15) is 0 Å². The van der Waals surface area contributed by atoms with Crippen LogP contribution in [0.2, 0.25) is 0 Å². The van der Waals surface area contributed by atoms with Crippen molar-refractivity contribution in [2.45, 2.75) is 13.0 Å². The molecule has 0 saturated heterocycles. The van der Waals surface area contributed by atoms with E-state index in [0.29, 0.717) is 28.5 Å². The number of ether oxygens (including phenoxy) is 3. The highest BCUT2D eigenvalue weighted by molar-refractivity contribution is 5.98. The molecule has 1 atom stereocenters. The van der Waals surface area contributed by atoms with Gasteiger partial charge in [0.2, 0.25) is 18.6 Å². The third-order valence-corrected chi connectivity index (χ3v) is 4.15. The van der Waals surface area contributed by atoms with Crippen molar-refractivity contribution in [2.24, 2.45) is 0 Å². The van der Waals surface area contributed by atoms with Gasteiger partial charge in [0.15, 0.2) is 11.5 Å². The van der Waals surface area contributed by atoms with Crippen molar-refractivity contribution in [3.8, 4) is 17.2 Å². The van der Waals surface area contributed by atoms with Crippen LogP contribution in [0, 0.1) is 0 Å². The van der Waals surface area contributed by atoms with Gasteiger partial charge in [-0.15, -0.1) is 0 Å². The monoisotopic (exact) mass is 399 g/mol. The summed E-state index contributed by atoms with van der Waals surface area (Å²) in [4.78, 5) is 36.2. The van der Waals surface area contributed by atoms with E-state index in [1.807, 2.05) is 0 Å². The Labute approximate surface area is 167 Å². The predicted octanol–water partition coefficient (Wildman–Crippen LogP) is 1.36. The Morgan fingerprint density at radius 3 is 2.48 bits per heavy atom. The van der Waals surface area contributed by atoms with E-state index < -0.39 is 17.9 Å².